The molecule has 3 nitrogen and oxygen atoms in total. The van der Waals surface area contributed by atoms with Crippen molar-refractivity contribution in [2.75, 3.05) is 6.54 Å². The average Bonchev–Trinajstić information content (AvgIpc) is 2.53. The predicted molar refractivity (Wildman–Crippen MR) is 91.5 cm³/mol. The van der Waals surface area contributed by atoms with E-state index in [1.54, 1.807) is 4.90 Å². The highest BCUT2D eigenvalue weighted by molar-refractivity contribution is 5.80. The largest absolute Gasteiger partial charge is 0.358 e. The Morgan fingerprint density at radius 2 is 2.14 bits per heavy atom. The molecule has 1 aromatic carbocycles. The highest BCUT2D eigenvalue weighted by Crippen LogP contribution is 2.14. The highest BCUT2D eigenvalue weighted by atomic mass is 16.1. The van der Waals surface area contributed by atoms with Gasteiger partial charge in [-0.3, -0.25) is 4.79 Å². The number of aromatic amines is 1. The van der Waals surface area contributed by atoms with E-state index < -0.39 is 0 Å². The molecule has 2 N–H and O–H groups in total. The first-order valence-electron chi connectivity index (χ1n) is 8.59. The molecule has 0 aliphatic carbocycles. The van der Waals surface area contributed by atoms with Gasteiger partial charge in [-0.1, -0.05) is 13.0 Å². The second-order valence-corrected chi connectivity index (χ2v) is 6.77. The van der Waals surface area contributed by atoms with Crippen LogP contribution >= 0.6 is 0 Å². The molecule has 0 spiro atoms. The molecule has 2 heterocycles. The van der Waals surface area contributed by atoms with Gasteiger partial charge in [0.05, 0.1) is 18.2 Å². The summed E-state index contributed by atoms with van der Waals surface area (Å²) >= 11 is 0. The SMILES string of the molecule is CCc1ccc2[nH]c(C)c(C[NH+]3CCCC[C@@H]3C)c(=O)c2c1. The third-order valence-electron chi connectivity index (χ3n) is 5.27. The van der Waals surface area contributed by atoms with Gasteiger partial charge in [-0.05, 0) is 57.2 Å². The van der Waals surface area contributed by atoms with E-state index in [9.17, 15) is 4.79 Å². The lowest BCUT2D eigenvalue weighted by Crippen LogP contribution is -3.15. The van der Waals surface area contributed by atoms with Crippen LogP contribution in [0.2, 0.25) is 0 Å². The molecule has 1 unspecified atom stereocenters. The number of nitrogens with one attached hydrogen (secondary N) is 2. The van der Waals surface area contributed by atoms with Gasteiger partial charge in [-0.2, -0.15) is 0 Å². The van der Waals surface area contributed by atoms with Crippen LogP contribution in [0.1, 0.15) is 49.9 Å². The Morgan fingerprint density at radius 3 is 2.86 bits per heavy atom. The molecule has 1 aliphatic heterocycles. The van der Waals surface area contributed by atoms with Crippen molar-refractivity contribution in [1.29, 1.82) is 0 Å². The first kappa shape index (κ1) is 15.3. The van der Waals surface area contributed by atoms with E-state index in [2.05, 4.69) is 31.0 Å². The Morgan fingerprint density at radius 1 is 1.32 bits per heavy atom. The third kappa shape index (κ3) is 2.82. The molecule has 1 fully saturated rings. The fraction of sp³-hybridized carbons (Fsp3) is 0.526. The van der Waals surface area contributed by atoms with Crippen molar-refractivity contribution in [3.8, 4) is 0 Å². The maximum absolute atomic E-state index is 13.0. The van der Waals surface area contributed by atoms with Crippen LogP contribution in [-0.4, -0.2) is 17.6 Å². The number of quaternary nitrogens is 1. The van der Waals surface area contributed by atoms with Gasteiger partial charge in [0.2, 0.25) is 0 Å². The standard InChI is InChI=1S/C19H26N2O/c1-4-15-8-9-18-16(11-15)19(22)17(14(3)20-18)12-21-10-6-5-7-13(21)2/h8-9,11,13H,4-7,10,12H2,1-3H3,(H,20,22)/p+1/t13-/m0/s1. The summed E-state index contributed by atoms with van der Waals surface area (Å²) < 4.78 is 0. The predicted octanol–water partition coefficient (Wildman–Crippen LogP) is 2.36. The minimum Gasteiger partial charge on any atom is -0.358 e. The van der Waals surface area contributed by atoms with E-state index in [0.717, 1.165) is 35.1 Å². The van der Waals surface area contributed by atoms with Gasteiger partial charge in [0, 0.05) is 16.6 Å². The summed E-state index contributed by atoms with van der Waals surface area (Å²) in [6, 6.07) is 6.87. The van der Waals surface area contributed by atoms with Gasteiger partial charge in [0.25, 0.3) is 0 Å². The second kappa shape index (κ2) is 6.25. The van der Waals surface area contributed by atoms with Gasteiger partial charge in [0.15, 0.2) is 5.43 Å². The lowest BCUT2D eigenvalue weighted by atomic mass is 10.0. The molecule has 118 valence electrons. The maximum atomic E-state index is 13.0. The van der Waals surface area contributed by atoms with E-state index in [0.29, 0.717) is 6.04 Å². The van der Waals surface area contributed by atoms with Crippen LogP contribution in [0, 0.1) is 6.92 Å². The number of hydrogen-bond acceptors (Lipinski definition) is 1. The fourth-order valence-electron chi connectivity index (χ4n) is 3.67. The number of rotatable bonds is 3. The van der Waals surface area contributed by atoms with E-state index in [-0.39, 0.29) is 5.43 Å². The topological polar surface area (TPSA) is 37.3 Å². The van der Waals surface area contributed by atoms with Crippen molar-refractivity contribution in [3.63, 3.8) is 0 Å². The summed E-state index contributed by atoms with van der Waals surface area (Å²) in [5.74, 6) is 0. The monoisotopic (exact) mass is 299 g/mol. The normalized spacial score (nSPS) is 22.1. The molecule has 0 radical (unpaired) electrons. The molecule has 2 aromatic rings. The van der Waals surface area contributed by atoms with Crippen molar-refractivity contribution >= 4 is 10.9 Å². The lowest BCUT2D eigenvalue weighted by Gasteiger charge is -2.30. The molecule has 1 aromatic heterocycles. The highest BCUT2D eigenvalue weighted by Gasteiger charge is 2.24. The summed E-state index contributed by atoms with van der Waals surface area (Å²) in [5.41, 5.74) is 4.43. The minimum absolute atomic E-state index is 0.229. The number of piperidine rings is 1. The number of pyridine rings is 1. The van der Waals surface area contributed by atoms with Crippen molar-refractivity contribution < 1.29 is 4.90 Å². The van der Waals surface area contributed by atoms with Crippen molar-refractivity contribution in [2.24, 2.45) is 0 Å². The summed E-state index contributed by atoms with van der Waals surface area (Å²) in [5, 5.41) is 0.851. The van der Waals surface area contributed by atoms with Crippen LogP contribution in [0.15, 0.2) is 23.0 Å². The molecule has 0 amide bonds. The second-order valence-electron chi connectivity index (χ2n) is 6.77. The van der Waals surface area contributed by atoms with Crippen LogP contribution in [0.4, 0.5) is 0 Å². The first-order chi connectivity index (χ1) is 10.6. The Bertz CT molecular complexity index is 732. The van der Waals surface area contributed by atoms with E-state index >= 15 is 0 Å². The first-order valence-corrected chi connectivity index (χ1v) is 8.59. The van der Waals surface area contributed by atoms with E-state index in [4.69, 9.17) is 0 Å². The number of aromatic nitrogens is 1. The lowest BCUT2D eigenvalue weighted by molar-refractivity contribution is -0.942. The Kier molecular flexibility index (Phi) is 4.34. The smallest absolute Gasteiger partial charge is 0.198 e. The molecule has 3 heteroatoms. The number of likely N-dealkylation sites (tertiary alicyclic amines) is 1. The Hall–Kier alpha value is -1.61. The summed E-state index contributed by atoms with van der Waals surface area (Å²) in [7, 11) is 0. The zero-order chi connectivity index (χ0) is 15.7. The van der Waals surface area contributed by atoms with Gasteiger partial charge < -0.3 is 9.88 Å². The number of fused-ring (bicyclic) bond motifs is 1. The number of hydrogen-bond donors (Lipinski definition) is 2. The Labute approximate surface area is 132 Å². The summed E-state index contributed by atoms with van der Waals surface area (Å²) in [6.07, 6.45) is 4.86. The van der Waals surface area contributed by atoms with Crippen LogP contribution in [0.25, 0.3) is 10.9 Å². The number of H-pyrrole nitrogens is 1. The van der Waals surface area contributed by atoms with Gasteiger partial charge in [-0.15, -0.1) is 0 Å². The molecular weight excluding hydrogens is 272 g/mol. The van der Waals surface area contributed by atoms with Gasteiger partial charge >= 0.3 is 0 Å². The van der Waals surface area contributed by atoms with Crippen LogP contribution in [0.5, 0.6) is 0 Å². The third-order valence-corrected chi connectivity index (χ3v) is 5.27. The van der Waals surface area contributed by atoms with E-state index in [1.165, 1.54) is 31.4 Å². The molecule has 0 saturated carbocycles. The quantitative estimate of drug-likeness (QED) is 0.897. The Balaban J connectivity index is 2.03. The van der Waals surface area contributed by atoms with Crippen LogP contribution < -0.4 is 10.3 Å². The molecule has 1 saturated heterocycles. The number of aryl methyl sites for hydroxylation is 2. The minimum atomic E-state index is 0.229. The van der Waals surface area contributed by atoms with Crippen molar-refractivity contribution in [1.82, 2.24) is 4.98 Å². The van der Waals surface area contributed by atoms with Crippen LogP contribution in [0.3, 0.4) is 0 Å². The molecule has 0 bridgehead atoms. The van der Waals surface area contributed by atoms with Crippen molar-refractivity contribution in [2.45, 2.75) is 59.0 Å². The summed E-state index contributed by atoms with van der Waals surface area (Å²) in [4.78, 5) is 18.0. The average molecular weight is 299 g/mol. The van der Waals surface area contributed by atoms with E-state index in [1.807, 2.05) is 13.0 Å². The fourth-order valence-corrected chi connectivity index (χ4v) is 3.67. The zero-order valence-electron chi connectivity index (χ0n) is 14.0. The summed E-state index contributed by atoms with van der Waals surface area (Å²) in [6.45, 7) is 8.53. The molecule has 22 heavy (non-hydrogen) atoms. The molecular formula is C19H27N2O+. The maximum Gasteiger partial charge on any atom is 0.198 e. The van der Waals surface area contributed by atoms with Crippen LogP contribution in [-0.2, 0) is 13.0 Å². The van der Waals surface area contributed by atoms with Gasteiger partial charge in [0.1, 0.15) is 6.54 Å². The zero-order valence-corrected chi connectivity index (χ0v) is 14.0. The van der Waals surface area contributed by atoms with Gasteiger partial charge in [-0.25, -0.2) is 0 Å². The molecule has 1 aliphatic rings. The number of benzene rings is 1. The molecule has 3 rings (SSSR count). The van der Waals surface area contributed by atoms with Crippen molar-refractivity contribution in [3.05, 3.63) is 45.2 Å². The molecule has 2 atom stereocenters.